The second kappa shape index (κ2) is 41.8. The van der Waals surface area contributed by atoms with E-state index in [-0.39, 0.29) is 97.8 Å². The molecule has 1 saturated carbocycles. The molecule has 107 heavy (non-hydrogen) atoms. The molecule has 0 unspecified atom stereocenters. The SMILES string of the molecule is NCCC(=O)N1CCC[C@H]1C(=O)N[C@@H](Cc1ccc(O)cc1)C(=O)N[C@H]1CSSC[C@H](C(N)=O)NC(=O)[C@H](CCC(=O)O)NC(=O)[C@H](Cc2c[nH]c3ccccc23)NC(=O)[C@H](CCC(N)=O)NC(=O)CCNC(=O)[C@H](CCCN=C(N)N)NC(=O)[C@H](Cc2cccc(Cl)c2Cl)NC(=O)[C@H](C2CCCC2)NC1=O. The van der Waals surface area contributed by atoms with Gasteiger partial charge in [0.1, 0.15) is 66.2 Å². The first kappa shape index (κ1) is 84.4. The lowest BCUT2D eigenvalue weighted by atomic mass is 9.95. The van der Waals surface area contributed by atoms with Crippen molar-refractivity contribution >= 4 is 144 Å². The van der Waals surface area contributed by atoms with Crippen molar-refractivity contribution < 1.29 is 77.3 Å². The maximum Gasteiger partial charge on any atom is 0.303 e. The van der Waals surface area contributed by atoms with E-state index in [2.05, 4.69) is 63.1 Å². The molecule has 23 N–H and O–H groups in total. The molecule has 1 aromatic heterocycles. The minimum absolute atomic E-state index is 0.00888. The zero-order chi connectivity index (χ0) is 77.9. The number of nitrogens with two attached hydrogens (primary N) is 5. The fourth-order valence-corrected chi connectivity index (χ4v) is 15.3. The predicted octanol–water partition coefficient (Wildman–Crippen LogP) is -1.33. The lowest BCUT2D eigenvalue weighted by Crippen LogP contribution is -2.61. The summed E-state index contributed by atoms with van der Waals surface area (Å²) in [5, 5.41) is 47.2. The Kier molecular flexibility index (Phi) is 33.0. The van der Waals surface area contributed by atoms with Crippen LogP contribution < -0.4 is 81.8 Å². The molecule has 10 atom stereocenters. The molecule has 13 amide bonds. The van der Waals surface area contributed by atoms with Crippen LogP contribution in [0.1, 0.15) is 107 Å². The summed E-state index contributed by atoms with van der Waals surface area (Å²) in [4.78, 5) is 206. The number of amides is 13. The molecule has 3 aromatic carbocycles. The van der Waals surface area contributed by atoms with E-state index >= 15 is 19.2 Å². The van der Waals surface area contributed by atoms with E-state index < -0.39 is 193 Å². The molecule has 34 nitrogen and oxygen atoms in total. The van der Waals surface area contributed by atoms with Crippen molar-refractivity contribution in [2.45, 2.75) is 170 Å². The number of rotatable bonds is 24. The molecule has 2 aliphatic heterocycles. The number of aliphatic carboxylic acids is 1. The van der Waals surface area contributed by atoms with E-state index in [1.165, 1.54) is 35.2 Å². The van der Waals surface area contributed by atoms with Crippen molar-refractivity contribution in [1.29, 1.82) is 0 Å². The Hall–Kier alpha value is -9.91. The van der Waals surface area contributed by atoms with Crippen LogP contribution in [-0.4, -0.2) is 207 Å². The number of guanidine groups is 1. The van der Waals surface area contributed by atoms with Crippen LogP contribution in [0.4, 0.5) is 0 Å². The van der Waals surface area contributed by atoms with Crippen molar-refractivity contribution in [2.24, 2.45) is 39.6 Å². The van der Waals surface area contributed by atoms with Crippen LogP contribution in [0.25, 0.3) is 10.9 Å². The highest BCUT2D eigenvalue weighted by atomic mass is 35.5. The molecule has 0 spiro atoms. The monoisotopic (exact) mass is 1560 g/mol. The van der Waals surface area contributed by atoms with Crippen LogP contribution in [0, 0.1) is 5.92 Å². The summed E-state index contributed by atoms with van der Waals surface area (Å²) in [6.45, 7) is -0.224. The van der Waals surface area contributed by atoms with Gasteiger partial charge in [-0.05, 0) is 98.2 Å². The van der Waals surface area contributed by atoms with Gasteiger partial charge in [0.05, 0.1) is 10.0 Å². The third-order valence-corrected chi connectivity index (χ3v) is 21.5. The minimum atomic E-state index is -1.75. The number of phenols is 1. The zero-order valence-electron chi connectivity index (χ0n) is 58.5. The number of carbonyl (C=O) groups is 14. The van der Waals surface area contributed by atoms with Crippen molar-refractivity contribution in [3.8, 4) is 5.75 Å². The Morgan fingerprint density at radius 2 is 1.28 bits per heavy atom. The second-order valence-electron chi connectivity index (χ2n) is 26.1. The predicted molar refractivity (Wildman–Crippen MR) is 399 cm³/mol. The number of hydrogen-bond acceptors (Lipinski definition) is 19. The number of hydrogen-bond donors (Lipinski definition) is 18. The van der Waals surface area contributed by atoms with E-state index in [0.717, 1.165) is 21.6 Å². The summed E-state index contributed by atoms with van der Waals surface area (Å²) in [5.41, 5.74) is 30.1. The van der Waals surface area contributed by atoms with Crippen molar-refractivity contribution in [3.05, 3.63) is 99.7 Å². The van der Waals surface area contributed by atoms with E-state index in [9.17, 15) is 58.2 Å². The lowest BCUT2D eigenvalue weighted by Gasteiger charge is -2.30. The number of H-pyrrole nitrogens is 1. The molecule has 7 rings (SSSR count). The Labute approximate surface area is 633 Å². The second-order valence-corrected chi connectivity index (χ2v) is 29.5. The summed E-state index contributed by atoms with van der Waals surface area (Å²) in [7, 11) is 1.73. The molecule has 38 heteroatoms. The van der Waals surface area contributed by atoms with Gasteiger partial charge in [0.15, 0.2) is 5.96 Å². The van der Waals surface area contributed by atoms with Crippen LogP contribution in [0.15, 0.2) is 77.9 Å². The normalized spacial score (nSPS) is 22.8. The van der Waals surface area contributed by atoms with E-state index in [1.54, 1.807) is 42.6 Å². The van der Waals surface area contributed by atoms with E-state index in [1.807, 2.05) is 0 Å². The van der Waals surface area contributed by atoms with Gasteiger partial charge in [-0.25, -0.2) is 0 Å². The first-order valence-corrected chi connectivity index (χ1v) is 38.2. The molecular weight excluding hydrogens is 1470 g/mol. The molecular formula is C69H92Cl2N18O16S2. The third kappa shape index (κ3) is 26.2. The Bertz CT molecular complexity index is 3900. The van der Waals surface area contributed by atoms with Crippen LogP contribution >= 0.6 is 44.8 Å². The summed E-state index contributed by atoms with van der Waals surface area (Å²) in [6.07, 6.45) is 0.508. The number of nitrogens with zero attached hydrogens (tertiary/aromatic N) is 2. The van der Waals surface area contributed by atoms with Gasteiger partial charge in [-0.1, -0.05) is 100 Å². The molecule has 580 valence electrons. The van der Waals surface area contributed by atoms with Crippen LogP contribution in [-0.2, 0) is 86.4 Å². The van der Waals surface area contributed by atoms with Gasteiger partial charge in [-0.3, -0.25) is 72.1 Å². The summed E-state index contributed by atoms with van der Waals surface area (Å²) in [5.74, 6) is -14.9. The first-order chi connectivity index (χ1) is 51.1. The summed E-state index contributed by atoms with van der Waals surface area (Å²) in [6, 6.07) is 2.02. The van der Waals surface area contributed by atoms with E-state index in [0.29, 0.717) is 54.1 Å². The number of phenolic OH excluding ortho intramolecular Hbond substituents is 1. The fourth-order valence-electron chi connectivity index (χ4n) is 12.5. The highest BCUT2D eigenvalue weighted by Gasteiger charge is 2.41. The third-order valence-electron chi connectivity index (χ3n) is 18.2. The molecule has 2 saturated heterocycles. The van der Waals surface area contributed by atoms with Crippen molar-refractivity contribution in [1.82, 2.24) is 63.1 Å². The largest absolute Gasteiger partial charge is 0.508 e. The number of benzene rings is 3. The zero-order valence-corrected chi connectivity index (χ0v) is 61.7. The number of aromatic hydroxyl groups is 1. The smallest absolute Gasteiger partial charge is 0.303 e. The Balaban J connectivity index is 1.29. The number of carboxylic acids is 1. The number of aliphatic imine (C=N–C) groups is 1. The van der Waals surface area contributed by atoms with Crippen LogP contribution in [0.3, 0.4) is 0 Å². The lowest BCUT2D eigenvalue weighted by molar-refractivity contribution is -0.139. The van der Waals surface area contributed by atoms with Gasteiger partial charge in [0.25, 0.3) is 0 Å². The highest BCUT2D eigenvalue weighted by Crippen LogP contribution is 2.31. The number of primary amides is 2. The molecule has 0 bridgehead atoms. The quantitative estimate of drug-likeness (QED) is 0.0167. The molecule has 3 fully saturated rings. The number of aromatic nitrogens is 1. The van der Waals surface area contributed by atoms with Gasteiger partial charge in [-0.15, -0.1) is 0 Å². The van der Waals surface area contributed by atoms with Gasteiger partial charge in [-0.2, -0.15) is 0 Å². The van der Waals surface area contributed by atoms with Crippen molar-refractivity contribution in [2.75, 3.05) is 37.7 Å². The van der Waals surface area contributed by atoms with Crippen LogP contribution in [0.2, 0.25) is 10.0 Å². The summed E-state index contributed by atoms with van der Waals surface area (Å²) >= 11 is 13.2. The number of halogens is 2. The fraction of sp³-hybridized carbons (Fsp3) is 0.493. The van der Waals surface area contributed by atoms with Crippen LogP contribution in [0.5, 0.6) is 5.75 Å². The maximum absolute atomic E-state index is 15.3. The number of para-hydroxylation sites is 1. The molecule has 0 radical (unpaired) electrons. The maximum atomic E-state index is 15.3. The van der Waals surface area contributed by atoms with Crippen molar-refractivity contribution in [3.63, 3.8) is 0 Å². The van der Waals surface area contributed by atoms with Gasteiger partial charge < -0.3 is 102 Å². The minimum Gasteiger partial charge on any atom is -0.508 e. The average Bonchev–Trinajstić information content (AvgIpc) is 1.78. The van der Waals surface area contributed by atoms with Gasteiger partial charge in [0.2, 0.25) is 76.8 Å². The summed E-state index contributed by atoms with van der Waals surface area (Å²) < 4.78 is 0. The Morgan fingerprint density at radius 1 is 0.654 bits per heavy atom. The molecule has 3 aliphatic rings. The van der Waals surface area contributed by atoms with Gasteiger partial charge >= 0.3 is 5.97 Å². The number of carbonyl (C=O) groups excluding carboxylic acids is 13. The number of fused-ring (bicyclic) bond motifs is 1. The number of nitrogens with one attached hydrogen (secondary N) is 11. The molecule has 4 aromatic rings. The average molecular weight is 1560 g/mol. The molecule has 3 heterocycles. The van der Waals surface area contributed by atoms with Gasteiger partial charge in [0, 0.05) is 99.7 Å². The molecule has 1 aliphatic carbocycles. The number of aromatic amines is 1. The highest BCUT2D eigenvalue weighted by molar-refractivity contribution is 8.76. The van der Waals surface area contributed by atoms with E-state index in [4.69, 9.17) is 51.9 Å². The topological polar surface area (TPSA) is 561 Å². The number of likely N-dealkylation sites (tertiary alicyclic amines) is 1. The standard InChI is InChI=1S/C69H92Cl2N18O16S2/c70-42-12-5-10-38(57(42)71)31-48-64(101)81-44(14-6-27-78-69(75)76)60(97)77-28-25-54(92)80-45(20-22-53(73)91)61(98)83-49(32-39-33-79-43-13-4-3-11-41(39)43)65(102)82-46(21-23-56(94)95)62(99)86-50(59(74)96)34-106-107-35-51(66(103)88-58(68(105)85-48)37-8-1-2-9-37)87-63(100)47(30-36-16-18-40(90)19-17-36)84-67(104)52-15-7-29-89(52)55(93)24-26-72/h3-5,10-13,16-19,33,37,44-52,58,79,90H,1-2,6-9,14-15,20-32,34-35,72H2,(H2,73,91)(H2,74,96)(H,77,97)(H,80,92)(H,81,101)(H,82,102)(H,83,98)(H,84,104)(H,85,105)(H,86,99)(H,87,100)(H,88,103)(H,94,95)(H4,75,76,78)/t44-,45-,46-,47-,48-,49-,50+,51-,52-,58-/m0/s1. The Morgan fingerprint density at radius 3 is 1.95 bits per heavy atom. The first-order valence-electron chi connectivity index (χ1n) is 34.9. The number of carboxylic acid groups (broad SMARTS) is 1.